The lowest BCUT2D eigenvalue weighted by molar-refractivity contribution is -0.120. The first-order chi connectivity index (χ1) is 12.7. The molecule has 0 aliphatic heterocycles. The van der Waals surface area contributed by atoms with Crippen LogP contribution in [-0.4, -0.2) is 26.7 Å². The minimum Gasteiger partial charge on any atom is -0.352 e. The lowest BCUT2D eigenvalue weighted by Crippen LogP contribution is -2.29. The van der Waals surface area contributed by atoms with Gasteiger partial charge < -0.3 is 9.88 Å². The van der Waals surface area contributed by atoms with Gasteiger partial charge in [-0.15, -0.1) is 10.2 Å². The molecule has 1 heterocycles. The molecule has 1 aromatic heterocycles. The Bertz CT molecular complexity index is 891. The second-order valence-corrected chi connectivity index (χ2v) is 7.49. The first-order valence-electron chi connectivity index (χ1n) is 8.69. The number of nitrogens with one attached hydrogen (secondary N) is 1. The zero-order valence-corrected chi connectivity index (χ0v) is 15.3. The second kappa shape index (κ2) is 7.33. The average molecular weight is 364 g/mol. The summed E-state index contributed by atoms with van der Waals surface area (Å²) < 4.78 is 1.94. The number of benzene rings is 2. The molecular formula is C20H20N4OS. The van der Waals surface area contributed by atoms with E-state index in [-0.39, 0.29) is 11.2 Å². The summed E-state index contributed by atoms with van der Waals surface area (Å²) in [6.07, 6.45) is 2.14. The molecule has 3 aromatic rings. The van der Waals surface area contributed by atoms with E-state index in [1.54, 1.807) is 0 Å². The monoisotopic (exact) mass is 364 g/mol. The molecule has 4 rings (SSSR count). The quantitative estimate of drug-likeness (QED) is 0.679. The van der Waals surface area contributed by atoms with Gasteiger partial charge in [-0.05, 0) is 18.4 Å². The Morgan fingerprint density at radius 3 is 2.38 bits per heavy atom. The number of hydrogen-bond donors (Lipinski definition) is 1. The summed E-state index contributed by atoms with van der Waals surface area (Å²) in [6.45, 7) is 0. The Morgan fingerprint density at radius 2 is 1.73 bits per heavy atom. The Hall–Kier alpha value is -2.60. The molecule has 1 saturated carbocycles. The van der Waals surface area contributed by atoms with Gasteiger partial charge in [0.05, 0.1) is 0 Å². The molecule has 1 aliphatic rings. The molecule has 132 valence electrons. The minimum atomic E-state index is -0.344. The van der Waals surface area contributed by atoms with E-state index in [2.05, 4.69) is 15.5 Å². The fourth-order valence-corrected chi connectivity index (χ4v) is 3.78. The van der Waals surface area contributed by atoms with E-state index in [0.717, 1.165) is 34.9 Å². The van der Waals surface area contributed by atoms with Gasteiger partial charge in [0, 0.05) is 18.7 Å². The number of carbonyl (C=O) groups is 1. The van der Waals surface area contributed by atoms with Crippen LogP contribution in [0.2, 0.25) is 0 Å². The highest BCUT2D eigenvalue weighted by molar-refractivity contribution is 8.00. The van der Waals surface area contributed by atoms with Gasteiger partial charge >= 0.3 is 0 Å². The summed E-state index contributed by atoms with van der Waals surface area (Å²) >= 11 is 1.44. The third-order valence-corrected chi connectivity index (χ3v) is 5.64. The molecule has 0 bridgehead atoms. The normalized spacial score (nSPS) is 14.8. The van der Waals surface area contributed by atoms with Crippen molar-refractivity contribution >= 4 is 17.7 Å². The van der Waals surface area contributed by atoms with Crippen LogP contribution >= 0.6 is 11.8 Å². The molecule has 0 radical (unpaired) electrons. The van der Waals surface area contributed by atoms with Gasteiger partial charge in [0.25, 0.3) is 0 Å². The van der Waals surface area contributed by atoms with Crippen LogP contribution in [0.5, 0.6) is 0 Å². The number of nitrogens with zero attached hydrogens (tertiary/aromatic N) is 3. The first kappa shape index (κ1) is 16.8. The number of amides is 1. The maximum atomic E-state index is 12.8. The van der Waals surface area contributed by atoms with Gasteiger partial charge in [-0.1, -0.05) is 72.4 Å². The highest BCUT2D eigenvalue weighted by atomic mass is 32.2. The molecule has 5 nitrogen and oxygen atoms in total. The van der Waals surface area contributed by atoms with Crippen LogP contribution in [0.3, 0.4) is 0 Å². The molecule has 0 saturated heterocycles. The SMILES string of the molecule is Cn1c(S[C@H](C(=O)NC2CC2)c2ccccc2)nnc1-c1ccccc1. The Morgan fingerprint density at radius 1 is 1.08 bits per heavy atom. The van der Waals surface area contributed by atoms with E-state index in [4.69, 9.17) is 0 Å². The van der Waals surface area contributed by atoms with Crippen LogP contribution in [0.4, 0.5) is 0 Å². The van der Waals surface area contributed by atoms with Gasteiger partial charge in [0.2, 0.25) is 5.91 Å². The van der Waals surface area contributed by atoms with Crippen molar-refractivity contribution in [3.05, 3.63) is 66.2 Å². The first-order valence-corrected chi connectivity index (χ1v) is 9.57. The summed E-state index contributed by atoms with van der Waals surface area (Å²) in [4.78, 5) is 12.8. The van der Waals surface area contributed by atoms with E-state index in [1.165, 1.54) is 11.8 Å². The summed E-state index contributed by atoms with van der Waals surface area (Å²) in [5.41, 5.74) is 1.98. The van der Waals surface area contributed by atoms with E-state index in [9.17, 15) is 4.79 Å². The molecule has 1 aliphatic carbocycles. The maximum absolute atomic E-state index is 12.8. The number of hydrogen-bond acceptors (Lipinski definition) is 4. The zero-order valence-electron chi connectivity index (χ0n) is 14.5. The van der Waals surface area contributed by atoms with Crippen LogP contribution in [0.15, 0.2) is 65.8 Å². The van der Waals surface area contributed by atoms with Crippen LogP contribution in [0.1, 0.15) is 23.7 Å². The van der Waals surface area contributed by atoms with Crippen molar-refractivity contribution < 1.29 is 4.79 Å². The van der Waals surface area contributed by atoms with Gasteiger partial charge in [-0.2, -0.15) is 0 Å². The lowest BCUT2D eigenvalue weighted by atomic mass is 10.1. The molecule has 1 atom stereocenters. The number of carbonyl (C=O) groups excluding carboxylic acids is 1. The molecular weight excluding hydrogens is 344 g/mol. The molecule has 26 heavy (non-hydrogen) atoms. The molecule has 1 amide bonds. The van der Waals surface area contributed by atoms with Crippen molar-refractivity contribution in [2.24, 2.45) is 7.05 Å². The standard InChI is InChI=1S/C20H20N4OS/c1-24-18(15-10-6-3-7-11-15)22-23-20(24)26-17(14-8-4-2-5-9-14)19(25)21-16-12-13-16/h2-11,16-17H,12-13H2,1H3,(H,21,25)/t17-/m0/s1. The van der Waals surface area contributed by atoms with Crippen LogP contribution in [0.25, 0.3) is 11.4 Å². The highest BCUT2D eigenvalue weighted by Gasteiger charge is 2.30. The molecule has 6 heteroatoms. The molecule has 0 unspecified atom stereocenters. The molecule has 1 fully saturated rings. The minimum absolute atomic E-state index is 0.0351. The van der Waals surface area contributed by atoms with Crippen molar-refractivity contribution in [2.75, 3.05) is 0 Å². The van der Waals surface area contributed by atoms with Crippen molar-refractivity contribution in [3.63, 3.8) is 0 Å². The smallest absolute Gasteiger partial charge is 0.238 e. The van der Waals surface area contributed by atoms with Gasteiger partial charge in [0.15, 0.2) is 11.0 Å². The van der Waals surface area contributed by atoms with E-state index < -0.39 is 0 Å². The zero-order chi connectivity index (χ0) is 17.9. The molecule has 1 N–H and O–H groups in total. The number of thioether (sulfide) groups is 1. The Balaban J connectivity index is 1.61. The fourth-order valence-electron chi connectivity index (χ4n) is 2.77. The largest absolute Gasteiger partial charge is 0.352 e. The second-order valence-electron chi connectivity index (χ2n) is 6.42. The predicted molar refractivity (Wildman–Crippen MR) is 103 cm³/mol. The number of aromatic nitrogens is 3. The summed E-state index contributed by atoms with van der Waals surface area (Å²) in [5.74, 6) is 0.829. The Labute approximate surface area is 156 Å². The van der Waals surface area contributed by atoms with Gasteiger partial charge in [-0.25, -0.2) is 0 Å². The van der Waals surface area contributed by atoms with Crippen LogP contribution in [0, 0.1) is 0 Å². The van der Waals surface area contributed by atoms with E-state index >= 15 is 0 Å². The highest BCUT2D eigenvalue weighted by Crippen LogP contribution is 2.36. The topological polar surface area (TPSA) is 59.8 Å². The third-order valence-electron chi connectivity index (χ3n) is 4.35. The van der Waals surface area contributed by atoms with Crippen LogP contribution in [-0.2, 0) is 11.8 Å². The summed E-state index contributed by atoms with van der Waals surface area (Å²) in [7, 11) is 1.94. The average Bonchev–Trinajstić information content (AvgIpc) is 3.42. The van der Waals surface area contributed by atoms with E-state index in [0.29, 0.717) is 6.04 Å². The summed E-state index contributed by atoms with van der Waals surface area (Å²) in [6, 6.07) is 20.1. The fraction of sp³-hybridized carbons (Fsp3) is 0.250. The molecule has 2 aromatic carbocycles. The summed E-state index contributed by atoms with van der Waals surface area (Å²) in [5, 5.41) is 12.2. The van der Waals surface area contributed by atoms with Gasteiger partial charge in [-0.3, -0.25) is 4.79 Å². The predicted octanol–water partition coefficient (Wildman–Crippen LogP) is 3.59. The van der Waals surface area contributed by atoms with Crippen molar-refractivity contribution in [3.8, 4) is 11.4 Å². The maximum Gasteiger partial charge on any atom is 0.238 e. The van der Waals surface area contributed by atoms with Crippen molar-refractivity contribution in [2.45, 2.75) is 29.3 Å². The van der Waals surface area contributed by atoms with Gasteiger partial charge in [0.1, 0.15) is 5.25 Å². The Kier molecular flexibility index (Phi) is 4.75. The van der Waals surface area contributed by atoms with Crippen molar-refractivity contribution in [1.82, 2.24) is 20.1 Å². The number of rotatable bonds is 6. The van der Waals surface area contributed by atoms with Crippen molar-refractivity contribution in [1.29, 1.82) is 0 Å². The lowest BCUT2D eigenvalue weighted by Gasteiger charge is -2.16. The van der Waals surface area contributed by atoms with Crippen LogP contribution < -0.4 is 5.32 Å². The third kappa shape index (κ3) is 3.65. The molecule has 0 spiro atoms. The van der Waals surface area contributed by atoms with E-state index in [1.807, 2.05) is 72.3 Å².